The summed E-state index contributed by atoms with van der Waals surface area (Å²) in [6.45, 7) is 3.94. The van der Waals surface area contributed by atoms with Crippen LogP contribution < -0.4 is 5.32 Å². The number of rotatable bonds is 3. The van der Waals surface area contributed by atoms with Crippen molar-refractivity contribution in [2.24, 2.45) is 0 Å². The van der Waals surface area contributed by atoms with Crippen LogP contribution in [-0.4, -0.2) is 15.3 Å². The largest absolute Gasteiger partial charge is 0.318 e. The van der Waals surface area contributed by atoms with Gasteiger partial charge >= 0.3 is 0 Å². The standard InChI is InChI=1S/C17H15Cl2N3O/c1-3-13-15(22-9-5-6-10(2)16(22)20-13)17(23)21-14-11(18)7-4-8-12(14)19/h4-9H,3H2,1-2H3,(H,21,23). The minimum Gasteiger partial charge on any atom is -0.318 e. The molecule has 0 spiro atoms. The number of hydrogen-bond acceptors (Lipinski definition) is 2. The minimum absolute atomic E-state index is 0.282. The number of benzene rings is 1. The fourth-order valence-electron chi connectivity index (χ4n) is 2.53. The first kappa shape index (κ1) is 15.8. The van der Waals surface area contributed by atoms with Gasteiger partial charge in [0.25, 0.3) is 5.91 Å². The maximum Gasteiger partial charge on any atom is 0.274 e. The van der Waals surface area contributed by atoms with Gasteiger partial charge in [-0.1, -0.05) is 42.3 Å². The molecule has 4 nitrogen and oxygen atoms in total. The number of aromatic nitrogens is 2. The molecule has 1 amide bonds. The number of halogens is 2. The van der Waals surface area contributed by atoms with E-state index in [0.29, 0.717) is 27.8 Å². The maximum atomic E-state index is 12.8. The van der Waals surface area contributed by atoms with Crippen molar-refractivity contribution in [1.82, 2.24) is 9.38 Å². The second-order valence-electron chi connectivity index (χ2n) is 5.20. The Kier molecular flexibility index (Phi) is 4.28. The van der Waals surface area contributed by atoms with Gasteiger partial charge in [-0.15, -0.1) is 0 Å². The first-order valence-corrected chi connectivity index (χ1v) is 8.00. The van der Waals surface area contributed by atoms with E-state index >= 15 is 0 Å². The lowest BCUT2D eigenvalue weighted by Gasteiger charge is -2.10. The lowest BCUT2D eigenvalue weighted by atomic mass is 10.2. The number of anilines is 1. The third-order valence-electron chi connectivity index (χ3n) is 3.67. The zero-order valence-electron chi connectivity index (χ0n) is 12.7. The Bertz CT molecular complexity index is 882. The number of para-hydroxylation sites is 1. The summed E-state index contributed by atoms with van der Waals surface area (Å²) in [6, 6.07) is 8.96. The molecule has 3 rings (SSSR count). The number of imidazole rings is 1. The smallest absolute Gasteiger partial charge is 0.274 e. The molecule has 0 aliphatic carbocycles. The Labute approximate surface area is 144 Å². The van der Waals surface area contributed by atoms with Crippen LogP contribution in [-0.2, 0) is 6.42 Å². The van der Waals surface area contributed by atoms with Crippen LogP contribution in [0.3, 0.4) is 0 Å². The van der Waals surface area contributed by atoms with Gasteiger partial charge in [0.05, 0.1) is 21.4 Å². The molecule has 23 heavy (non-hydrogen) atoms. The van der Waals surface area contributed by atoms with Crippen LogP contribution in [0, 0.1) is 6.92 Å². The topological polar surface area (TPSA) is 46.4 Å². The molecular formula is C17H15Cl2N3O. The summed E-state index contributed by atoms with van der Waals surface area (Å²) in [5, 5.41) is 3.60. The normalized spacial score (nSPS) is 11.0. The number of hydrogen-bond donors (Lipinski definition) is 1. The van der Waals surface area contributed by atoms with Crippen LogP contribution >= 0.6 is 23.2 Å². The van der Waals surface area contributed by atoms with Crippen LogP contribution in [0.1, 0.15) is 28.7 Å². The number of carbonyl (C=O) groups is 1. The van der Waals surface area contributed by atoms with Gasteiger partial charge < -0.3 is 5.32 Å². The number of aryl methyl sites for hydroxylation is 2. The Hall–Kier alpha value is -2.04. The monoisotopic (exact) mass is 347 g/mol. The van der Waals surface area contributed by atoms with Crippen molar-refractivity contribution in [2.45, 2.75) is 20.3 Å². The molecule has 0 saturated carbocycles. The predicted molar refractivity (Wildman–Crippen MR) is 93.7 cm³/mol. The molecular weight excluding hydrogens is 333 g/mol. The van der Waals surface area contributed by atoms with Crippen LogP contribution in [0.4, 0.5) is 5.69 Å². The summed E-state index contributed by atoms with van der Waals surface area (Å²) < 4.78 is 1.80. The van der Waals surface area contributed by atoms with Crippen LogP contribution in [0.2, 0.25) is 10.0 Å². The van der Waals surface area contributed by atoms with E-state index in [1.54, 1.807) is 22.6 Å². The summed E-state index contributed by atoms with van der Waals surface area (Å²) in [4.78, 5) is 17.4. The highest BCUT2D eigenvalue weighted by molar-refractivity contribution is 6.40. The van der Waals surface area contributed by atoms with E-state index in [4.69, 9.17) is 23.2 Å². The lowest BCUT2D eigenvalue weighted by Crippen LogP contribution is -2.16. The highest BCUT2D eigenvalue weighted by Gasteiger charge is 2.20. The molecule has 0 bridgehead atoms. The van der Waals surface area contributed by atoms with Gasteiger partial charge in [-0.3, -0.25) is 9.20 Å². The van der Waals surface area contributed by atoms with Gasteiger partial charge in [-0.2, -0.15) is 0 Å². The number of pyridine rings is 1. The van der Waals surface area contributed by atoms with Gasteiger partial charge in [-0.25, -0.2) is 4.98 Å². The molecule has 0 saturated heterocycles. The second kappa shape index (κ2) is 6.22. The zero-order valence-corrected chi connectivity index (χ0v) is 14.2. The Balaban J connectivity index is 2.09. The summed E-state index contributed by atoms with van der Waals surface area (Å²) in [5.74, 6) is -0.282. The average molecular weight is 348 g/mol. The Morgan fingerprint density at radius 2 is 1.91 bits per heavy atom. The highest BCUT2D eigenvalue weighted by atomic mass is 35.5. The van der Waals surface area contributed by atoms with Crippen molar-refractivity contribution in [3.05, 3.63) is 63.5 Å². The number of amides is 1. The first-order chi connectivity index (χ1) is 11.0. The summed E-state index contributed by atoms with van der Waals surface area (Å²) in [5.41, 5.74) is 3.43. The Morgan fingerprint density at radius 1 is 1.22 bits per heavy atom. The molecule has 1 aromatic carbocycles. The molecule has 6 heteroatoms. The van der Waals surface area contributed by atoms with Crippen molar-refractivity contribution in [3.63, 3.8) is 0 Å². The number of carbonyl (C=O) groups excluding carboxylic acids is 1. The van der Waals surface area contributed by atoms with E-state index in [2.05, 4.69) is 10.3 Å². The molecule has 0 aliphatic heterocycles. The second-order valence-corrected chi connectivity index (χ2v) is 6.01. The third-order valence-corrected chi connectivity index (χ3v) is 4.30. The van der Waals surface area contributed by atoms with Gasteiger partial charge in [0.15, 0.2) is 0 Å². The summed E-state index contributed by atoms with van der Waals surface area (Å²) in [6.07, 6.45) is 2.48. The van der Waals surface area contributed by atoms with Crippen molar-refractivity contribution in [1.29, 1.82) is 0 Å². The number of nitrogens with one attached hydrogen (secondary N) is 1. The first-order valence-electron chi connectivity index (χ1n) is 7.24. The van der Waals surface area contributed by atoms with E-state index in [9.17, 15) is 4.79 Å². The van der Waals surface area contributed by atoms with Crippen LogP contribution in [0.15, 0.2) is 36.5 Å². The van der Waals surface area contributed by atoms with E-state index in [1.165, 1.54) is 0 Å². The van der Waals surface area contributed by atoms with Gasteiger partial charge in [0, 0.05) is 6.20 Å². The van der Waals surface area contributed by atoms with Gasteiger partial charge in [-0.05, 0) is 37.1 Å². The number of nitrogens with zero attached hydrogens (tertiary/aromatic N) is 2. The van der Waals surface area contributed by atoms with E-state index in [0.717, 1.165) is 16.9 Å². The van der Waals surface area contributed by atoms with E-state index in [1.807, 2.05) is 32.2 Å². The molecule has 2 heterocycles. The summed E-state index contributed by atoms with van der Waals surface area (Å²) >= 11 is 12.3. The fourth-order valence-corrected chi connectivity index (χ4v) is 3.02. The lowest BCUT2D eigenvalue weighted by molar-refractivity contribution is 0.102. The van der Waals surface area contributed by atoms with Crippen molar-refractivity contribution in [2.75, 3.05) is 5.32 Å². The predicted octanol–water partition coefficient (Wildman–Crippen LogP) is 4.76. The van der Waals surface area contributed by atoms with Crippen LogP contribution in [0.25, 0.3) is 5.65 Å². The molecule has 118 valence electrons. The van der Waals surface area contributed by atoms with Gasteiger partial charge in [0.1, 0.15) is 11.3 Å². The average Bonchev–Trinajstić information content (AvgIpc) is 2.91. The zero-order chi connectivity index (χ0) is 16.6. The third kappa shape index (κ3) is 2.80. The highest BCUT2D eigenvalue weighted by Crippen LogP contribution is 2.30. The van der Waals surface area contributed by atoms with Crippen molar-refractivity contribution >= 4 is 40.4 Å². The Morgan fingerprint density at radius 3 is 2.57 bits per heavy atom. The van der Waals surface area contributed by atoms with E-state index < -0.39 is 0 Å². The SMILES string of the molecule is CCc1nc2c(C)cccn2c1C(=O)Nc1c(Cl)cccc1Cl. The molecule has 0 aliphatic rings. The molecule has 0 atom stereocenters. The molecule has 3 aromatic rings. The van der Waals surface area contributed by atoms with Crippen molar-refractivity contribution < 1.29 is 4.79 Å². The molecule has 1 N–H and O–H groups in total. The fraction of sp³-hybridized carbons (Fsp3) is 0.176. The quantitative estimate of drug-likeness (QED) is 0.741. The number of fused-ring (bicyclic) bond motifs is 1. The molecule has 0 unspecified atom stereocenters. The molecule has 0 fully saturated rings. The minimum atomic E-state index is -0.282. The van der Waals surface area contributed by atoms with Crippen LogP contribution in [0.5, 0.6) is 0 Å². The van der Waals surface area contributed by atoms with Gasteiger partial charge in [0.2, 0.25) is 0 Å². The van der Waals surface area contributed by atoms with Crippen molar-refractivity contribution in [3.8, 4) is 0 Å². The maximum absolute atomic E-state index is 12.8. The van der Waals surface area contributed by atoms with E-state index in [-0.39, 0.29) is 5.91 Å². The summed E-state index contributed by atoms with van der Waals surface area (Å²) in [7, 11) is 0. The molecule has 0 radical (unpaired) electrons. The molecule has 2 aromatic heterocycles.